The minimum Gasteiger partial charge on any atom is -0.340 e. The molecule has 134 valence electrons. The summed E-state index contributed by atoms with van der Waals surface area (Å²) in [5, 5.41) is 6.35. The Bertz CT molecular complexity index is 692. The molecule has 0 unspecified atom stereocenters. The van der Waals surface area contributed by atoms with Crippen LogP contribution >= 0.6 is 0 Å². The smallest absolute Gasteiger partial charge is 0.226 e. The van der Waals surface area contributed by atoms with Crippen molar-refractivity contribution in [3.05, 3.63) is 47.7 Å². The molecule has 0 radical (unpaired) electrons. The van der Waals surface area contributed by atoms with E-state index in [1.54, 1.807) is 6.20 Å². The quantitative estimate of drug-likeness (QED) is 0.713. The predicted molar refractivity (Wildman–Crippen MR) is 106 cm³/mol. The van der Waals surface area contributed by atoms with Crippen LogP contribution in [-0.4, -0.2) is 10.9 Å². The average molecular weight is 339 g/mol. The number of benzene rings is 1. The van der Waals surface area contributed by atoms with E-state index in [1.807, 2.05) is 26.0 Å². The van der Waals surface area contributed by atoms with Crippen molar-refractivity contribution in [2.45, 2.75) is 53.4 Å². The number of carbonyl (C=O) groups is 1. The van der Waals surface area contributed by atoms with Gasteiger partial charge >= 0.3 is 0 Å². The predicted octanol–water partition coefficient (Wildman–Crippen LogP) is 5.67. The molecule has 0 aliphatic carbocycles. The molecule has 1 aromatic heterocycles. The minimum absolute atomic E-state index is 0.00485. The molecule has 1 heterocycles. The Labute approximate surface area is 151 Å². The molecular weight excluding hydrogens is 310 g/mol. The molecule has 25 heavy (non-hydrogen) atoms. The minimum atomic E-state index is -0.0516. The number of amides is 1. The molecule has 4 nitrogen and oxygen atoms in total. The van der Waals surface area contributed by atoms with Crippen LogP contribution in [0, 0.1) is 5.92 Å². The van der Waals surface area contributed by atoms with Crippen molar-refractivity contribution in [3.8, 4) is 0 Å². The number of hydrogen-bond acceptors (Lipinski definition) is 3. The van der Waals surface area contributed by atoms with Gasteiger partial charge in [0.2, 0.25) is 5.91 Å². The lowest BCUT2D eigenvalue weighted by Crippen LogP contribution is -2.17. The number of carbonyl (C=O) groups excluding carboxylic acids is 1. The Morgan fingerprint density at radius 2 is 1.52 bits per heavy atom. The first-order chi connectivity index (χ1) is 11.8. The lowest BCUT2D eigenvalue weighted by atomic mass is 9.92. The lowest BCUT2D eigenvalue weighted by molar-refractivity contribution is -0.118. The molecule has 0 saturated heterocycles. The zero-order chi connectivity index (χ0) is 18.6. The maximum atomic E-state index is 11.8. The highest BCUT2D eigenvalue weighted by atomic mass is 16.1. The summed E-state index contributed by atoms with van der Waals surface area (Å²) >= 11 is 0. The summed E-state index contributed by atoms with van der Waals surface area (Å²) in [5.41, 5.74) is 4.42. The van der Waals surface area contributed by atoms with Gasteiger partial charge in [-0.3, -0.25) is 4.79 Å². The standard InChI is InChI=1S/C21H29N3O/c1-13(2)17-8-7-9-18(14(3)4)20(17)24-19-11-10-16(12-22-19)23-21(25)15(5)6/h7-15H,1-6H3,(H,22,24)(H,23,25). The summed E-state index contributed by atoms with van der Waals surface area (Å²) in [6, 6.07) is 10.2. The number of nitrogens with one attached hydrogen (secondary N) is 2. The van der Waals surface area contributed by atoms with Crippen molar-refractivity contribution in [2.24, 2.45) is 5.92 Å². The van der Waals surface area contributed by atoms with Gasteiger partial charge in [-0.15, -0.1) is 0 Å². The van der Waals surface area contributed by atoms with Crippen LogP contribution in [0.1, 0.15) is 64.5 Å². The first-order valence-corrected chi connectivity index (χ1v) is 8.96. The SMILES string of the molecule is CC(C)C(=O)Nc1ccc(Nc2c(C(C)C)cccc2C(C)C)nc1. The van der Waals surface area contributed by atoms with Crippen LogP contribution in [0.5, 0.6) is 0 Å². The molecular formula is C21H29N3O. The first-order valence-electron chi connectivity index (χ1n) is 8.96. The number of hydrogen-bond donors (Lipinski definition) is 2. The van der Waals surface area contributed by atoms with Gasteiger partial charge in [0.15, 0.2) is 0 Å². The maximum Gasteiger partial charge on any atom is 0.226 e. The monoisotopic (exact) mass is 339 g/mol. The lowest BCUT2D eigenvalue weighted by Gasteiger charge is -2.20. The van der Waals surface area contributed by atoms with Crippen molar-refractivity contribution in [3.63, 3.8) is 0 Å². The second-order valence-corrected chi connectivity index (χ2v) is 7.32. The van der Waals surface area contributed by atoms with E-state index >= 15 is 0 Å². The molecule has 1 amide bonds. The third kappa shape index (κ3) is 4.81. The van der Waals surface area contributed by atoms with E-state index in [0.717, 1.165) is 11.5 Å². The Balaban J connectivity index is 2.26. The number of para-hydroxylation sites is 1. The summed E-state index contributed by atoms with van der Waals surface area (Å²) < 4.78 is 0. The van der Waals surface area contributed by atoms with Gasteiger partial charge < -0.3 is 10.6 Å². The summed E-state index contributed by atoms with van der Waals surface area (Å²) in [6.45, 7) is 12.5. The second-order valence-electron chi connectivity index (χ2n) is 7.32. The zero-order valence-electron chi connectivity index (χ0n) is 16.1. The van der Waals surface area contributed by atoms with Gasteiger partial charge in [-0.2, -0.15) is 0 Å². The van der Waals surface area contributed by atoms with Crippen molar-refractivity contribution in [2.75, 3.05) is 10.6 Å². The fourth-order valence-corrected chi connectivity index (χ4v) is 2.65. The molecule has 0 aliphatic heterocycles. The molecule has 1 aromatic carbocycles. The van der Waals surface area contributed by atoms with Crippen LogP contribution in [0.15, 0.2) is 36.5 Å². The molecule has 2 rings (SSSR count). The van der Waals surface area contributed by atoms with Crippen LogP contribution in [0.3, 0.4) is 0 Å². The molecule has 0 fully saturated rings. The van der Waals surface area contributed by atoms with E-state index in [9.17, 15) is 4.79 Å². The Hall–Kier alpha value is -2.36. The van der Waals surface area contributed by atoms with Gasteiger partial charge in [0.1, 0.15) is 5.82 Å². The van der Waals surface area contributed by atoms with E-state index in [4.69, 9.17) is 0 Å². The fourth-order valence-electron chi connectivity index (χ4n) is 2.65. The van der Waals surface area contributed by atoms with Crippen LogP contribution in [-0.2, 0) is 4.79 Å². The van der Waals surface area contributed by atoms with E-state index in [-0.39, 0.29) is 11.8 Å². The van der Waals surface area contributed by atoms with Crippen molar-refractivity contribution in [1.29, 1.82) is 0 Å². The van der Waals surface area contributed by atoms with Crippen LogP contribution in [0.25, 0.3) is 0 Å². The van der Waals surface area contributed by atoms with Gasteiger partial charge in [0, 0.05) is 11.6 Å². The fraction of sp³-hybridized carbons (Fsp3) is 0.429. The van der Waals surface area contributed by atoms with E-state index < -0.39 is 0 Å². The van der Waals surface area contributed by atoms with Crippen molar-refractivity contribution < 1.29 is 4.79 Å². The van der Waals surface area contributed by atoms with Gasteiger partial charge in [-0.1, -0.05) is 59.7 Å². The molecule has 0 saturated carbocycles. The number of nitrogens with zero attached hydrogens (tertiary/aromatic N) is 1. The van der Waals surface area contributed by atoms with Crippen molar-refractivity contribution >= 4 is 23.1 Å². The largest absolute Gasteiger partial charge is 0.340 e. The summed E-state index contributed by atoms with van der Waals surface area (Å²) in [5.74, 6) is 1.56. The highest BCUT2D eigenvalue weighted by molar-refractivity contribution is 5.92. The normalized spacial score (nSPS) is 11.2. The average Bonchev–Trinajstić information content (AvgIpc) is 2.56. The second kappa shape index (κ2) is 8.15. The molecule has 0 spiro atoms. The molecule has 4 heteroatoms. The highest BCUT2D eigenvalue weighted by Gasteiger charge is 2.14. The number of aromatic nitrogens is 1. The van der Waals surface area contributed by atoms with Crippen LogP contribution in [0.4, 0.5) is 17.2 Å². The topological polar surface area (TPSA) is 54.0 Å². The number of anilines is 3. The van der Waals surface area contributed by atoms with E-state index in [1.165, 1.54) is 11.1 Å². The van der Waals surface area contributed by atoms with Gasteiger partial charge in [0.25, 0.3) is 0 Å². The zero-order valence-corrected chi connectivity index (χ0v) is 16.1. The highest BCUT2D eigenvalue weighted by Crippen LogP contribution is 2.34. The maximum absolute atomic E-state index is 11.8. The third-order valence-electron chi connectivity index (χ3n) is 4.18. The van der Waals surface area contributed by atoms with Crippen LogP contribution in [0.2, 0.25) is 0 Å². The molecule has 0 aliphatic rings. The summed E-state index contributed by atoms with van der Waals surface area (Å²) in [4.78, 5) is 16.2. The molecule has 2 aromatic rings. The summed E-state index contributed by atoms with van der Waals surface area (Å²) in [7, 11) is 0. The van der Waals surface area contributed by atoms with Crippen LogP contribution < -0.4 is 10.6 Å². The summed E-state index contributed by atoms with van der Waals surface area (Å²) in [6.07, 6.45) is 1.69. The van der Waals surface area contributed by atoms with Crippen molar-refractivity contribution in [1.82, 2.24) is 4.98 Å². The van der Waals surface area contributed by atoms with Gasteiger partial charge in [-0.25, -0.2) is 4.98 Å². The Morgan fingerprint density at radius 3 is 1.96 bits per heavy atom. The third-order valence-corrected chi connectivity index (χ3v) is 4.18. The first kappa shape index (κ1) is 19.0. The molecule has 0 atom stereocenters. The molecule has 0 bridgehead atoms. The van der Waals surface area contributed by atoms with E-state index in [2.05, 4.69) is 61.5 Å². The van der Waals surface area contributed by atoms with Gasteiger partial charge in [0.05, 0.1) is 11.9 Å². The Kier molecular flexibility index (Phi) is 6.18. The van der Waals surface area contributed by atoms with E-state index in [0.29, 0.717) is 17.5 Å². The number of rotatable bonds is 6. The van der Waals surface area contributed by atoms with Gasteiger partial charge in [-0.05, 0) is 35.1 Å². The molecule has 2 N–H and O–H groups in total. The Morgan fingerprint density at radius 1 is 0.920 bits per heavy atom. The number of pyridine rings is 1.